The molecule has 1 heterocycles. The van der Waals surface area contributed by atoms with Gasteiger partial charge in [-0.25, -0.2) is 0 Å². The van der Waals surface area contributed by atoms with Crippen LogP contribution in [0, 0.1) is 18.4 Å². The van der Waals surface area contributed by atoms with E-state index in [4.69, 9.17) is 0 Å². The summed E-state index contributed by atoms with van der Waals surface area (Å²) < 4.78 is 0. The van der Waals surface area contributed by atoms with E-state index in [-0.39, 0.29) is 0 Å². The van der Waals surface area contributed by atoms with Crippen molar-refractivity contribution in [2.45, 2.75) is 45.8 Å². The van der Waals surface area contributed by atoms with Gasteiger partial charge in [-0.15, -0.1) is 16.9 Å². The van der Waals surface area contributed by atoms with E-state index in [1.165, 1.54) is 27.9 Å². The van der Waals surface area contributed by atoms with Crippen molar-refractivity contribution in [3.05, 3.63) is 21.9 Å². The van der Waals surface area contributed by atoms with Crippen LogP contribution in [-0.4, -0.2) is 8.07 Å². The second-order valence-corrected chi connectivity index (χ2v) is 10.2. The second kappa shape index (κ2) is 5.53. The Morgan fingerprint density at radius 3 is 2.13 bits per heavy atom. The van der Waals surface area contributed by atoms with E-state index < -0.39 is 8.07 Å². The molecular weight excluding hydrogens is 216 g/mol. The standard InChI is InChI=1S/C13H20SSi/c1-5-15(6-2,7-3)11-10-13-9-8-12(4)14-13/h8-9H,5-7H2,1-4H3. The molecule has 0 unspecified atom stereocenters. The van der Waals surface area contributed by atoms with Gasteiger partial charge in [-0.2, -0.15) is 0 Å². The molecule has 0 spiro atoms. The van der Waals surface area contributed by atoms with Gasteiger partial charge in [0.05, 0.1) is 4.88 Å². The Balaban J connectivity index is 2.87. The van der Waals surface area contributed by atoms with Gasteiger partial charge >= 0.3 is 0 Å². The summed E-state index contributed by atoms with van der Waals surface area (Å²) >= 11 is 1.81. The molecule has 0 fully saturated rings. The van der Waals surface area contributed by atoms with E-state index >= 15 is 0 Å². The molecule has 0 aliphatic rings. The molecule has 0 nitrogen and oxygen atoms in total. The summed E-state index contributed by atoms with van der Waals surface area (Å²) in [5.41, 5.74) is 3.61. The van der Waals surface area contributed by atoms with Crippen molar-refractivity contribution in [1.29, 1.82) is 0 Å². The molecule has 0 aliphatic carbocycles. The third-order valence-corrected chi connectivity index (χ3v) is 8.85. The quantitative estimate of drug-likeness (QED) is 0.537. The van der Waals surface area contributed by atoms with Gasteiger partial charge in [-0.1, -0.05) is 26.7 Å². The maximum Gasteiger partial charge on any atom is 0.138 e. The maximum absolute atomic E-state index is 3.61. The van der Waals surface area contributed by atoms with Crippen LogP contribution in [0.15, 0.2) is 12.1 Å². The highest BCUT2D eigenvalue weighted by Crippen LogP contribution is 2.20. The predicted molar refractivity (Wildman–Crippen MR) is 73.1 cm³/mol. The lowest BCUT2D eigenvalue weighted by Crippen LogP contribution is -2.29. The molecule has 0 bridgehead atoms. The summed E-state index contributed by atoms with van der Waals surface area (Å²) in [5, 5.41) is 0. The van der Waals surface area contributed by atoms with Crippen LogP contribution >= 0.6 is 11.3 Å². The van der Waals surface area contributed by atoms with Crippen molar-refractivity contribution in [3.63, 3.8) is 0 Å². The van der Waals surface area contributed by atoms with Gasteiger partial charge in [0.15, 0.2) is 0 Å². The lowest BCUT2D eigenvalue weighted by atomic mass is 10.4. The van der Waals surface area contributed by atoms with Crippen molar-refractivity contribution in [1.82, 2.24) is 0 Å². The number of rotatable bonds is 3. The van der Waals surface area contributed by atoms with Gasteiger partial charge in [0.2, 0.25) is 0 Å². The molecule has 15 heavy (non-hydrogen) atoms. The third kappa shape index (κ3) is 3.22. The molecule has 1 aromatic heterocycles. The molecule has 0 saturated carbocycles. The van der Waals surface area contributed by atoms with Crippen LogP contribution < -0.4 is 0 Å². The monoisotopic (exact) mass is 236 g/mol. The smallest absolute Gasteiger partial charge is 0.132 e. The Hall–Kier alpha value is -0.523. The van der Waals surface area contributed by atoms with E-state index in [9.17, 15) is 0 Å². The minimum Gasteiger partial charge on any atom is -0.132 e. The molecule has 0 N–H and O–H groups in total. The minimum atomic E-state index is -1.25. The van der Waals surface area contributed by atoms with Gasteiger partial charge in [0.1, 0.15) is 8.07 Å². The molecule has 1 aromatic rings. The first-order valence-corrected chi connectivity index (χ1v) is 9.19. The van der Waals surface area contributed by atoms with Crippen molar-refractivity contribution in [2.24, 2.45) is 0 Å². The molecule has 0 amide bonds. The first kappa shape index (κ1) is 12.5. The van der Waals surface area contributed by atoms with Crippen molar-refractivity contribution in [2.75, 3.05) is 0 Å². The van der Waals surface area contributed by atoms with Crippen molar-refractivity contribution >= 4 is 19.4 Å². The van der Waals surface area contributed by atoms with Gasteiger partial charge in [-0.3, -0.25) is 0 Å². The van der Waals surface area contributed by atoms with Gasteiger partial charge in [-0.05, 0) is 37.2 Å². The zero-order valence-electron chi connectivity index (χ0n) is 10.2. The second-order valence-electron chi connectivity index (χ2n) is 4.00. The largest absolute Gasteiger partial charge is 0.138 e. The molecule has 82 valence electrons. The first-order valence-electron chi connectivity index (χ1n) is 5.75. The SMILES string of the molecule is CC[Si](C#Cc1ccc(C)s1)(CC)CC. The van der Waals surface area contributed by atoms with Crippen LogP contribution in [0.5, 0.6) is 0 Å². The van der Waals surface area contributed by atoms with Crippen LogP contribution in [0.25, 0.3) is 0 Å². The fourth-order valence-electron chi connectivity index (χ4n) is 1.71. The Morgan fingerprint density at radius 2 is 1.73 bits per heavy atom. The first-order chi connectivity index (χ1) is 7.15. The van der Waals surface area contributed by atoms with E-state index in [1.54, 1.807) is 0 Å². The lowest BCUT2D eigenvalue weighted by Gasteiger charge is -2.19. The molecular formula is C13H20SSi. The summed E-state index contributed by atoms with van der Waals surface area (Å²) in [5.74, 6) is 3.39. The minimum absolute atomic E-state index is 1.24. The van der Waals surface area contributed by atoms with E-state index in [0.717, 1.165) is 0 Å². The molecule has 0 atom stereocenters. The van der Waals surface area contributed by atoms with E-state index in [2.05, 4.69) is 51.3 Å². The van der Waals surface area contributed by atoms with Gasteiger partial charge < -0.3 is 0 Å². The zero-order valence-corrected chi connectivity index (χ0v) is 12.0. The maximum atomic E-state index is 3.61. The normalized spacial score (nSPS) is 10.9. The summed E-state index contributed by atoms with van der Waals surface area (Å²) in [7, 11) is -1.25. The van der Waals surface area contributed by atoms with Gasteiger partial charge in [0.25, 0.3) is 0 Å². The fourth-order valence-corrected chi connectivity index (χ4v) is 4.95. The molecule has 0 aromatic carbocycles. The average Bonchev–Trinajstić information content (AvgIpc) is 2.67. The van der Waals surface area contributed by atoms with Crippen molar-refractivity contribution in [3.8, 4) is 11.5 Å². The Morgan fingerprint density at radius 1 is 1.13 bits per heavy atom. The summed E-state index contributed by atoms with van der Waals surface area (Å²) in [6.45, 7) is 9.04. The number of thiophene rings is 1. The zero-order chi connectivity index (χ0) is 11.3. The lowest BCUT2D eigenvalue weighted by molar-refractivity contribution is 1.20. The summed E-state index contributed by atoms with van der Waals surface area (Å²) in [6.07, 6.45) is 0. The van der Waals surface area contributed by atoms with Crippen LogP contribution in [0.4, 0.5) is 0 Å². The Labute approximate surface area is 98.7 Å². The van der Waals surface area contributed by atoms with Crippen molar-refractivity contribution < 1.29 is 0 Å². The highest BCUT2D eigenvalue weighted by Gasteiger charge is 2.24. The van der Waals surface area contributed by atoms with Crippen LogP contribution in [-0.2, 0) is 0 Å². The third-order valence-electron chi connectivity index (χ3n) is 3.22. The molecule has 1 rings (SSSR count). The summed E-state index contributed by atoms with van der Waals surface area (Å²) in [4.78, 5) is 2.59. The molecule has 0 saturated heterocycles. The number of aryl methyl sites for hydroxylation is 1. The molecule has 0 aliphatic heterocycles. The number of hydrogen-bond acceptors (Lipinski definition) is 1. The van der Waals surface area contributed by atoms with E-state index in [1.807, 2.05) is 11.3 Å². The van der Waals surface area contributed by atoms with Crippen LogP contribution in [0.1, 0.15) is 30.5 Å². The molecule has 2 heteroatoms. The Kier molecular flexibility index (Phi) is 4.63. The van der Waals surface area contributed by atoms with E-state index in [0.29, 0.717) is 0 Å². The van der Waals surface area contributed by atoms with Gasteiger partial charge in [0, 0.05) is 4.88 Å². The topological polar surface area (TPSA) is 0 Å². The summed E-state index contributed by atoms with van der Waals surface area (Å²) in [6, 6.07) is 8.17. The van der Waals surface area contributed by atoms with Crippen LogP contribution in [0.2, 0.25) is 18.1 Å². The molecule has 0 radical (unpaired) electrons. The fraction of sp³-hybridized carbons (Fsp3) is 0.538. The highest BCUT2D eigenvalue weighted by molar-refractivity contribution is 7.12. The average molecular weight is 236 g/mol. The number of hydrogen-bond donors (Lipinski definition) is 0. The highest BCUT2D eigenvalue weighted by atomic mass is 32.1. The predicted octanol–water partition coefficient (Wildman–Crippen LogP) is 4.46. The Bertz CT molecular complexity index is 355. The van der Waals surface area contributed by atoms with Crippen LogP contribution in [0.3, 0.4) is 0 Å².